The molecule has 0 heterocycles. The molecule has 4 aromatic carbocycles. The molecule has 4 rings (SSSR count). The molecule has 4 aromatic rings. The molecule has 9 nitrogen and oxygen atoms in total. The number of amides is 2. The number of sulfonamides is 1. The highest BCUT2D eigenvalue weighted by molar-refractivity contribution is 7.92. The average Bonchev–Trinajstić information content (AvgIpc) is 3.09. The molecule has 0 aliphatic rings. The fourth-order valence-corrected chi connectivity index (χ4v) is 6.78. The van der Waals surface area contributed by atoms with Crippen LogP contribution in [0.4, 0.5) is 10.1 Å². The average molecular weight is 696 g/mol. The molecule has 0 aliphatic carbocycles. The van der Waals surface area contributed by atoms with Crippen molar-refractivity contribution < 1.29 is 31.9 Å². The van der Waals surface area contributed by atoms with E-state index in [1.807, 2.05) is 37.3 Å². The summed E-state index contributed by atoms with van der Waals surface area (Å²) in [5.41, 5.74) is 1.51. The Kier molecular flexibility index (Phi) is 12.8. The van der Waals surface area contributed by atoms with Gasteiger partial charge in [0, 0.05) is 30.6 Å². The molecule has 1 unspecified atom stereocenters. The molecule has 0 saturated heterocycles. The summed E-state index contributed by atoms with van der Waals surface area (Å²) in [7, 11) is -1.65. The van der Waals surface area contributed by atoms with E-state index in [2.05, 4.69) is 5.32 Å². The number of carbonyl (C=O) groups is 2. The van der Waals surface area contributed by atoms with E-state index in [1.54, 1.807) is 24.3 Å². The first-order chi connectivity index (χ1) is 23.1. The maximum Gasteiger partial charge on any atom is 0.264 e. The molecule has 2 amide bonds. The van der Waals surface area contributed by atoms with E-state index in [1.165, 1.54) is 49.5 Å². The number of rotatable bonds is 16. The minimum absolute atomic E-state index is 0.0360. The SMILES string of the molecule is CCCCNC(=O)C(Cc1ccccc1)N(Cc1cccc(Cl)c1)C(=O)CN(c1ccc(F)cc1)S(=O)(=O)c1ccc(OC)c(OC)c1. The second-order valence-electron chi connectivity index (χ2n) is 11.0. The zero-order valence-corrected chi connectivity index (χ0v) is 28.6. The molecule has 0 aromatic heterocycles. The molecule has 0 radical (unpaired) electrons. The van der Waals surface area contributed by atoms with Gasteiger partial charge in [-0.05, 0) is 66.1 Å². The van der Waals surface area contributed by atoms with Crippen molar-refractivity contribution in [3.05, 3.63) is 119 Å². The quantitative estimate of drug-likeness (QED) is 0.139. The lowest BCUT2D eigenvalue weighted by Gasteiger charge is -2.34. The molecule has 0 aliphatic heterocycles. The van der Waals surface area contributed by atoms with E-state index in [-0.39, 0.29) is 35.2 Å². The Morgan fingerprint density at radius 1 is 0.875 bits per heavy atom. The van der Waals surface area contributed by atoms with Gasteiger partial charge >= 0.3 is 0 Å². The highest BCUT2D eigenvalue weighted by atomic mass is 35.5. The van der Waals surface area contributed by atoms with Gasteiger partial charge in [0.25, 0.3) is 10.0 Å². The van der Waals surface area contributed by atoms with E-state index in [4.69, 9.17) is 21.1 Å². The van der Waals surface area contributed by atoms with Gasteiger partial charge in [0.1, 0.15) is 18.4 Å². The summed E-state index contributed by atoms with van der Waals surface area (Å²) in [6.45, 7) is 1.68. The zero-order chi connectivity index (χ0) is 34.7. The zero-order valence-electron chi connectivity index (χ0n) is 27.1. The van der Waals surface area contributed by atoms with Crippen molar-refractivity contribution in [2.24, 2.45) is 0 Å². The molecule has 1 N–H and O–H groups in total. The van der Waals surface area contributed by atoms with E-state index >= 15 is 0 Å². The molecule has 12 heteroatoms. The highest BCUT2D eigenvalue weighted by Gasteiger charge is 2.35. The van der Waals surface area contributed by atoms with Crippen LogP contribution in [0.5, 0.6) is 11.5 Å². The van der Waals surface area contributed by atoms with Gasteiger partial charge < -0.3 is 19.7 Å². The Labute approximate surface area is 286 Å². The lowest BCUT2D eigenvalue weighted by molar-refractivity contribution is -0.140. The van der Waals surface area contributed by atoms with Crippen molar-refractivity contribution in [3.8, 4) is 11.5 Å². The first-order valence-electron chi connectivity index (χ1n) is 15.4. The summed E-state index contributed by atoms with van der Waals surface area (Å²) in [5.74, 6) is -1.14. The van der Waals surface area contributed by atoms with Crippen molar-refractivity contribution in [3.63, 3.8) is 0 Å². The highest BCUT2D eigenvalue weighted by Crippen LogP contribution is 2.32. The number of nitrogens with zero attached hydrogens (tertiary/aromatic N) is 2. The summed E-state index contributed by atoms with van der Waals surface area (Å²) in [4.78, 5) is 29.6. The second kappa shape index (κ2) is 17.0. The van der Waals surface area contributed by atoms with Crippen LogP contribution in [0, 0.1) is 5.82 Å². The minimum Gasteiger partial charge on any atom is -0.493 e. The molecule has 0 saturated carbocycles. The van der Waals surface area contributed by atoms with Gasteiger partial charge in [-0.3, -0.25) is 13.9 Å². The fraction of sp³-hybridized carbons (Fsp3) is 0.278. The molecular formula is C36H39ClFN3O6S. The molecule has 0 bridgehead atoms. The number of carbonyl (C=O) groups excluding carboxylic acids is 2. The summed E-state index contributed by atoms with van der Waals surface area (Å²) >= 11 is 6.30. The van der Waals surface area contributed by atoms with Gasteiger partial charge in [-0.25, -0.2) is 12.8 Å². The third-order valence-electron chi connectivity index (χ3n) is 7.68. The fourth-order valence-electron chi connectivity index (χ4n) is 5.13. The van der Waals surface area contributed by atoms with Crippen LogP contribution < -0.4 is 19.1 Å². The maximum atomic E-state index is 14.5. The molecular weight excluding hydrogens is 657 g/mol. The van der Waals surface area contributed by atoms with E-state index < -0.39 is 34.3 Å². The van der Waals surface area contributed by atoms with Crippen molar-refractivity contribution in [1.82, 2.24) is 10.2 Å². The molecule has 0 fully saturated rings. The number of halogens is 2. The van der Waals surface area contributed by atoms with Gasteiger partial charge in [0.15, 0.2) is 11.5 Å². The summed E-state index contributed by atoms with van der Waals surface area (Å²) in [5, 5.41) is 3.39. The predicted molar refractivity (Wildman–Crippen MR) is 184 cm³/mol. The number of anilines is 1. The Bertz CT molecular complexity index is 1790. The first-order valence-corrected chi connectivity index (χ1v) is 17.2. The van der Waals surface area contributed by atoms with Crippen molar-refractivity contribution in [2.75, 3.05) is 31.6 Å². The Hall–Kier alpha value is -4.61. The van der Waals surface area contributed by atoms with Gasteiger partial charge in [0.2, 0.25) is 11.8 Å². The Morgan fingerprint density at radius 3 is 2.21 bits per heavy atom. The smallest absolute Gasteiger partial charge is 0.264 e. The number of benzene rings is 4. The Balaban J connectivity index is 1.81. The molecule has 254 valence electrons. The third-order valence-corrected chi connectivity index (χ3v) is 9.68. The van der Waals surface area contributed by atoms with Gasteiger partial charge in [-0.15, -0.1) is 0 Å². The van der Waals surface area contributed by atoms with Crippen LogP contribution in [0.25, 0.3) is 0 Å². The molecule has 1 atom stereocenters. The predicted octanol–water partition coefficient (Wildman–Crippen LogP) is 6.25. The van der Waals surface area contributed by atoms with Gasteiger partial charge in [0.05, 0.1) is 24.8 Å². The lowest BCUT2D eigenvalue weighted by atomic mass is 10.0. The van der Waals surface area contributed by atoms with Crippen LogP contribution in [-0.2, 0) is 32.6 Å². The van der Waals surface area contributed by atoms with Crippen LogP contribution in [-0.4, -0.2) is 58.5 Å². The van der Waals surface area contributed by atoms with Crippen molar-refractivity contribution >= 4 is 39.1 Å². The summed E-state index contributed by atoms with van der Waals surface area (Å²) in [6.07, 6.45) is 1.77. The number of nitrogens with one attached hydrogen (secondary N) is 1. The van der Waals surface area contributed by atoms with E-state index in [9.17, 15) is 22.4 Å². The third kappa shape index (κ3) is 9.26. The number of ether oxygens (including phenoxy) is 2. The number of unbranched alkanes of at least 4 members (excludes halogenated alkanes) is 1. The molecule has 0 spiro atoms. The van der Waals surface area contributed by atoms with Crippen LogP contribution >= 0.6 is 11.6 Å². The summed E-state index contributed by atoms with van der Waals surface area (Å²) < 4.78 is 54.1. The number of hydrogen-bond donors (Lipinski definition) is 1. The summed E-state index contributed by atoms with van der Waals surface area (Å²) in [6, 6.07) is 24.0. The maximum absolute atomic E-state index is 14.5. The largest absolute Gasteiger partial charge is 0.493 e. The normalized spacial score (nSPS) is 11.8. The first kappa shape index (κ1) is 36.2. The van der Waals surface area contributed by atoms with Crippen LogP contribution in [0.2, 0.25) is 5.02 Å². The topological polar surface area (TPSA) is 105 Å². The van der Waals surface area contributed by atoms with Gasteiger partial charge in [-0.2, -0.15) is 0 Å². The van der Waals surface area contributed by atoms with E-state index in [0.717, 1.165) is 34.8 Å². The van der Waals surface area contributed by atoms with Crippen molar-refractivity contribution in [2.45, 2.75) is 43.7 Å². The lowest BCUT2D eigenvalue weighted by Crippen LogP contribution is -2.53. The molecule has 48 heavy (non-hydrogen) atoms. The van der Waals surface area contributed by atoms with Crippen LogP contribution in [0.15, 0.2) is 102 Å². The van der Waals surface area contributed by atoms with Crippen molar-refractivity contribution in [1.29, 1.82) is 0 Å². The monoisotopic (exact) mass is 695 g/mol. The number of methoxy groups -OCH3 is 2. The number of hydrogen-bond acceptors (Lipinski definition) is 6. The van der Waals surface area contributed by atoms with Crippen LogP contribution in [0.3, 0.4) is 0 Å². The van der Waals surface area contributed by atoms with Crippen LogP contribution in [0.1, 0.15) is 30.9 Å². The Morgan fingerprint density at radius 2 is 1.56 bits per heavy atom. The standard InChI is InChI=1S/C36H39ClFN3O6S/c1-4-5-20-39-36(43)32(22-26-10-7-6-8-11-26)40(24-27-12-9-13-28(37)21-27)35(42)25-41(30-16-14-29(38)15-17-30)48(44,45)31-18-19-33(46-2)34(23-31)47-3/h6-19,21,23,32H,4-5,20,22,24-25H2,1-3H3,(H,39,43). The van der Waals surface area contributed by atoms with Gasteiger partial charge in [-0.1, -0.05) is 67.4 Å². The minimum atomic E-state index is -4.45. The van der Waals surface area contributed by atoms with E-state index in [0.29, 0.717) is 22.9 Å². The second-order valence-corrected chi connectivity index (χ2v) is 13.3.